The predicted octanol–water partition coefficient (Wildman–Crippen LogP) is 3.82. The second-order valence-corrected chi connectivity index (χ2v) is 6.11. The molecule has 0 amide bonds. The van der Waals surface area contributed by atoms with Crippen LogP contribution in [0.5, 0.6) is 0 Å². The molecule has 2 nitrogen and oxygen atoms in total. The minimum atomic E-state index is 0.819. The lowest BCUT2D eigenvalue weighted by Gasteiger charge is -2.21. The van der Waals surface area contributed by atoms with E-state index in [1.165, 1.54) is 23.4 Å². The molecule has 1 aliphatic rings. The zero-order valence-corrected chi connectivity index (χ0v) is 11.9. The van der Waals surface area contributed by atoms with Gasteiger partial charge in [-0.3, -0.25) is 4.90 Å². The van der Waals surface area contributed by atoms with Crippen molar-refractivity contribution in [3.63, 3.8) is 0 Å². The highest BCUT2D eigenvalue weighted by Crippen LogP contribution is 2.28. The summed E-state index contributed by atoms with van der Waals surface area (Å²) >= 11 is 1.86. The summed E-state index contributed by atoms with van der Waals surface area (Å²) in [5.74, 6) is 0. The molecule has 0 aliphatic heterocycles. The van der Waals surface area contributed by atoms with Crippen LogP contribution >= 0.6 is 11.3 Å². The van der Waals surface area contributed by atoms with E-state index < -0.39 is 0 Å². The Morgan fingerprint density at radius 3 is 2.63 bits per heavy atom. The van der Waals surface area contributed by atoms with Crippen LogP contribution in [-0.2, 0) is 6.54 Å². The number of thiophene rings is 1. The number of benzene rings is 1. The molecule has 1 aliphatic carbocycles. The molecule has 0 atom stereocenters. The van der Waals surface area contributed by atoms with Gasteiger partial charge in [-0.2, -0.15) is 0 Å². The van der Waals surface area contributed by atoms with Crippen molar-refractivity contribution in [2.45, 2.75) is 25.4 Å². The van der Waals surface area contributed by atoms with Crippen LogP contribution in [0.3, 0.4) is 0 Å². The van der Waals surface area contributed by atoms with E-state index in [0.29, 0.717) is 0 Å². The van der Waals surface area contributed by atoms with Gasteiger partial charge < -0.3 is 5.32 Å². The van der Waals surface area contributed by atoms with Crippen molar-refractivity contribution in [1.82, 2.24) is 4.90 Å². The fraction of sp³-hybridized carbons (Fsp3) is 0.375. The number of nitrogens with zero attached hydrogens (tertiary/aromatic N) is 1. The van der Waals surface area contributed by atoms with Gasteiger partial charge in [0.1, 0.15) is 0 Å². The van der Waals surface area contributed by atoms with E-state index in [9.17, 15) is 0 Å². The highest BCUT2D eigenvalue weighted by Gasteiger charge is 2.28. The fourth-order valence-corrected chi connectivity index (χ4v) is 3.06. The Labute approximate surface area is 119 Å². The number of hydrogen-bond donors (Lipinski definition) is 1. The zero-order valence-electron chi connectivity index (χ0n) is 11.1. The van der Waals surface area contributed by atoms with Crippen molar-refractivity contribution < 1.29 is 0 Å². The van der Waals surface area contributed by atoms with Crippen molar-refractivity contribution in [3.8, 4) is 0 Å². The van der Waals surface area contributed by atoms with Gasteiger partial charge in [-0.25, -0.2) is 0 Å². The Balaban J connectivity index is 1.48. The highest BCUT2D eigenvalue weighted by atomic mass is 32.1. The van der Waals surface area contributed by atoms with Crippen molar-refractivity contribution in [2.75, 3.05) is 18.4 Å². The Morgan fingerprint density at radius 2 is 1.95 bits per heavy atom. The molecule has 0 radical (unpaired) electrons. The summed E-state index contributed by atoms with van der Waals surface area (Å²) in [6, 6.07) is 15.7. The quantitative estimate of drug-likeness (QED) is 0.824. The van der Waals surface area contributed by atoms with Gasteiger partial charge in [0.05, 0.1) is 0 Å². The van der Waals surface area contributed by atoms with Gasteiger partial charge in [0, 0.05) is 36.2 Å². The number of nitrogens with one attached hydrogen (secondary N) is 1. The minimum absolute atomic E-state index is 0.819. The normalized spacial score (nSPS) is 14.8. The molecule has 3 rings (SSSR count). The van der Waals surface area contributed by atoms with Crippen molar-refractivity contribution in [3.05, 3.63) is 52.7 Å². The molecular weight excluding hydrogens is 252 g/mol. The molecule has 3 heteroatoms. The Kier molecular flexibility index (Phi) is 4.16. The second-order valence-electron chi connectivity index (χ2n) is 5.07. The van der Waals surface area contributed by atoms with Crippen LogP contribution in [0.1, 0.15) is 17.7 Å². The summed E-state index contributed by atoms with van der Waals surface area (Å²) in [6.45, 7) is 3.25. The SMILES string of the molecule is c1ccc(NCCN(Cc2cccs2)C2CC2)cc1. The van der Waals surface area contributed by atoms with Gasteiger partial charge in [0.2, 0.25) is 0 Å². The van der Waals surface area contributed by atoms with E-state index in [1.807, 2.05) is 11.3 Å². The van der Waals surface area contributed by atoms with Gasteiger partial charge in [-0.1, -0.05) is 24.3 Å². The largest absolute Gasteiger partial charge is 0.384 e. The van der Waals surface area contributed by atoms with Gasteiger partial charge in [-0.15, -0.1) is 11.3 Å². The predicted molar refractivity (Wildman–Crippen MR) is 82.7 cm³/mol. The molecule has 1 heterocycles. The monoisotopic (exact) mass is 272 g/mol. The third kappa shape index (κ3) is 3.82. The van der Waals surface area contributed by atoms with E-state index in [4.69, 9.17) is 0 Å². The molecule has 1 aromatic heterocycles. The Morgan fingerprint density at radius 1 is 1.11 bits per heavy atom. The minimum Gasteiger partial charge on any atom is -0.384 e. The van der Waals surface area contributed by atoms with Crippen LogP contribution in [0.2, 0.25) is 0 Å². The van der Waals surface area contributed by atoms with Gasteiger partial charge in [-0.05, 0) is 36.4 Å². The number of rotatable bonds is 7. The van der Waals surface area contributed by atoms with E-state index in [-0.39, 0.29) is 0 Å². The van der Waals surface area contributed by atoms with Crippen molar-refractivity contribution in [1.29, 1.82) is 0 Å². The molecule has 1 saturated carbocycles. The van der Waals surface area contributed by atoms with Crippen molar-refractivity contribution >= 4 is 17.0 Å². The average Bonchev–Trinajstić information content (AvgIpc) is 3.17. The molecule has 19 heavy (non-hydrogen) atoms. The maximum Gasteiger partial charge on any atom is 0.0340 e. The molecular formula is C16H20N2S. The topological polar surface area (TPSA) is 15.3 Å². The molecule has 0 unspecified atom stereocenters. The lowest BCUT2D eigenvalue weighted by Crippen LogP contribution is -2.30. The summed E-state index contributed by atoms with van der Waals surface area (Å²) in [5.41, 5.74) is 1.22. The highest BCUT2D eigenvalue weighted by molar-refractivity contribution is 7.09. The smallest absolute Gasteiger partial charge is 0.0340 e. The van der Waals surface area contributed by atoms with Crippen LogP contribution in [0.25, 0.3) is 0 Å². The molecule has 100 valence electrons. The molecule has 0 saturated heterocycles. The maximum atomic E-state index is 3.50. The van der Waals surface area contributed by atoms with Crippen LogP contribution in [0, 0.1) is 0 Å². The Bertz CT molecular complexity index is 477. The van der Waals surface area contributed by atoms with E-state index >= 15 is 0 Å². The Hall–Kier alpha value is -1.32. The standard InChI is InChI=1S/C16H20N2S/c1-2-5-14(6-3-1)17-10-11-18(15-8-9-15)13-16-7-4-12-19-16/h1-7,12,15,17H,8-11,13H2. The lowest BCUT2D eigenvalue weighted by atomic mass is 10.3. The summed E-state index contributed by atoms with van der Waals surface area (Å²) in [6.07, 6.45) is 2.74. The maximum absolute atomic E-state index is 3.50. The van der Waals surface area contributed by atoms with E-state index in [2.05, 4.69) is 58.1 Å². The molecule has 1 N–H and O–H groups in total. The van der Waals surface area contributed by atoms with Gasteiger partial charge >= 0.3 is 0 Å². The zero-order chi connectivity index (χ0) is 12.9. The van der Waals surface area contributed by atoms with E-state index in [1.54, 1.807) is 0 Å². The van der Waals surface area contributed by atoms with Crippen LogP contribution in [-0.4, -0.2) is 24.0 Å². The number of hydrogen-bond acceptors (Lipinski definition) is 3. The van der Waals surface area contributed by atoms with Crippen LogP contribution < -0.4 is 5.32 Å². The first-order valence-electron chi connectivity index (χ1n) is 6.97. The summed E-state index contributed by atoms with van der Waals surface area (Å²) in [5, 5.41) is 5.67. The second kappa shape index (κ2) is 6.22. The van der Waals surface area contributed by atoms with Gasteiger partial charge in [0.15, 0.2) is 0 Å². The number of para-hydroxylation sites is 1. The summed E-state index contributed by atoms with van der Waals surface area (Å²) < 4.78 is 0. The third-order valence-corrected chi connectivity index (χ3v) is 4.37. The first-order chi connectivity index (χ1) is 9.42. The first kappa shape index (κ1) is 12.7. The summed E-state index contributed by atoms with van der Waals surface area (Å²) in [7, 11) is 0. The summed E-state index contributed by atoms with van der Waals surface area (Å²) in [4.78, 5) is 4.09. The molecule has 0 bridgehead atoms. The molecule has 1 aromatic carbocycles. The number of anilines is 1. The average molecular weight is 272 g/mol. The third-order valence-electron chi connectivity index (χ3n) is 3.50. The molecule has 0 spiro atoms. The van der Waals surface area contributed by atoms with Crippen LogP contribution in [0.15, 0.2) is 47.8 Å². The molecule has 1 fully saturated rings. The molecule has 2 aromatic rings. The fourth-order valence-electron chi connectivity index (χ4n) is 2.33. The van der Waals surface area contributed by atoms with Crippen molar-refractivity contribution in [2.24, 2.45) is 0 Å². The van der Waals surface area contributed by atoms with Crippen LogP contribution in [0.4, 0.5) is 5.69 Å². The first-order valence-corrected chi connectivity index (χ1v) is 7.85. The van der Waals surface area contributed by atoms with E-state index in [0.717, 1.165) is 25.7 Å². The van der Waals surface area contributed by atoms with Gasteiger partial charge in [0.25, 0.3) is 0 Å². The lowest BCUT2D eigenvalue weighted by molar-refractivity contribution is 0.267.